The average molecular weight is 195 g/mol. The first kappa shape index (κ1) is 8.06. The van der Waals surface area contributed by atoms with E-state index in [9.17, 15) is 0 Å². The van der Waals surface area contributed by atoms with E-state index in [2.05, 4.69) is 25.9 Å². The van der Waals surface area contributed by atoms with Crippen LogP contribution in [0.2, 0.25) is 0 Å². The topological polar surface area (TPSA) is 79.6 Å². The molecule has 0 bridgehead atoms. The van der Waals surface area contributed by atoms with Crippen LogP contribution in [-0.2, 0) is 0 Å². The Kier molecular flexibility index (Phi) is 1.90. The first-order chi connectivity index (χ1) is 6.25. The van der Waals surface area contributed by atoms with E-state index in [4.69, 9.17) is 5.73 Å². The van der Waals surface area contributed by atoms with Gasteiger partial charge in [-0.05, 0) is 17.9 Å². The van der Waals surface area contributed by atoms with Crippen LogP contribution >= 0.6 is 11.3 Å². The monoisotopic (exact) mass is 195 g/mol. The molecule has 2 aromatic rings. The summed E-state index contributed by atoms with van der Waals surface area (Å²) >= 11 is 1.64. The van der Waals surface area contributed by atoms with Gasteiger partial charge >= 0.3 is 0 Å². The van der Waals surface area contributed by atoms with Gasteiger partial charge < -0.3 is 11.1 Å². The van der Waals surface area contributed by atoms with Gasteiger partial charge in [0.05, 0.1) is 5.69 Å². The van der Waals surface area contributed by atoms with Gasteiger partial charge in [-0.3, -0.25) is 4.98 Å². The van der Waals surface area contributed by atoms with Crippen molar-refractivity contribution in [1.29, 1.82) is 0 Å². The predicted molar refractivity (Wildman–Crippen MR) is 53.1 cm³/mol. The molecule has 0 saturated heterocycles. The summed E-state index contributed by atoms with van der Waals surface area (Å²) < 4.78 is 0. The molecule has 6 heteroatoms. The summed E-state index contributed by atoms with van der Waals surface area (Å²) in [6, 6.07) is 0. The molecule has 0 atom stereocenters. The number of aromatic nitrogens is 3. The fourth-order valence-corrected chi connectivity index (χ4v) is 1.73. The predicted octanol–water partition coefficient (Wildman–Crippen LogP) is 1.50. The number of hydrogen-bond donors (Lipinski definition) is 3. The minimum absolute atomic E-state index is 0.315. The van der Waals surface area contributed by atoms with E-state index in [0.29, 0.717) is 11.9 Å². The lowest BCUT2D eigenvalue weighted by molar-refractivity contribution is 1.10. The van der Waals surface area contributed by atoms with Gasteiger partial charge in [-0.1, -0.05) is 0 Å². The van der Waals surface area contributed by atoms with Crippen molar-refractivity contribution in [3.63, 3.8) is 0 Å². The van der Waals surface area contributed by atoms with Crippen LogP contribution in [0.3, 0.4) is 0 Å². The molecule has 2 rings (SSSR count). The second kappa shape index (κ2) is 3.06. The van der Waals surface area contributed by atoms with Crippen molar-refractivity contribution in [3.8, 4) is 0 Å². The van der Waals surface area contributed by atoms with E-state index < -0.39 is 0 Å². The molecule has 0 aliphatic rings. The summed E-state index contributed by atoms with van der Waals surface area (Å²) in [5.41, 5.74) is 7.59. The molecule has 2 heterocycles. The maximum atomic E-state index is 5.38. The zero-order chi connectivity index (χ0) is 9.26. The van der Waals surface area contributed by atoms with Gasteiger partial charge in [0.25, 0.3) is 0 Å². The molecule has 0 amide bonds. The number of H-pyrrole nitrogens is 1. The lowest BCUT2D eigenvalue weighted by atomic mass is 10.3. The maximum absolute atomic E-state index is 5.38. The highest BCUT2D eigenvalue weighted by Gasteiger charge is 2.02. The Hall–Kier alpha value is -1.56. The molecule has 0 unspecified atom stereocenters. The van der Waals surface area contributed by atoms with Crippen molar-refractivity contribution in [3.05, 3.63) is 16.3 Å². The summed E-state index contributed by atoms with van der Waals surface area (Å²) in [6.45, 7) is 2.03. The first-order valence-corrected chi connectivity index (χ1v) is 4.68. The number of aryl methyl sites for hydroxylation is 1. The fraction of sp³-hybridized carbons (Fsp3) is 0.143. The molecule has 4 N–H and O–H groups in total. The van der Waals surface area contributed by atoms with Crippen molar-refractivity contribution in [2.75, 3.05) is 11.1 Å². The third kappa shape index (κ3) is 1.62. The summed E-state index contributed by atoms with van der Waals surface area (Å²) in [4.78, 5) is 2.79. The number of nitrogens with two attached hydrogens (primary N) is 1. The van der Waals surface area contributed by atoms with Crippen molar-refractivity contribution in [2.45, 2.75) is 6.92 Å². The van der Waals surface area contributed by atoms with E-state index in [1.165, 1.54) is 5.56 Å². The number of thiophene rings is 1. The van der Waals surface area contributed by atoms with Gasteiger partial charge in [0, 0.05) is 5.38 Å². The lowest BCUT2D eigenvalue weighted by Crippen LogP contribution is -1.92. The summed E-state index contributed by atoms with van der Waals surface area (Å²) in [5.74, 6) is 0.884. The van der Waals surface area contributed by atoms with Gasteiger partial charge in [0.15, 0.2) is 0 Å². The lowest BCUT2D eigenvalue weighted by Gasteiger charge is -1.98. The van der Waals surface area contributed by atoms with E-state index in [1.807, 2.05) is 12.3 Å². The van der Waals surface area contributed by atoms with Crippen LogP contribution in [-0.4, -0.2) is 15.2 Å². The summed E-state index contributed by atoms with van der Waals surface area (Å²) in [5, 5.41) is 14.6. The molecular formula is C7H9N5S. The highest BCUT2D eigenvalue weighted by atomic mass is 32.1. The van der Waals surface area contributed by atoms with Crippen molar-refractivity contribution >= 4 is 28.9 Å². The van der Waals surface area contributed by atoms with Crippen molar-refractivity contribution in [2.24, 2.45) is 0 Å². The highest BCUT2D eigenvalue weighted by molar-refractivity contribution is 7.08. The average Bonchev–Trinajstić information content (AvgIpc) is 2.64. The number of nitrogens with zero attached hydrogens (tertiary/aromatic N) is 2. The molecule has 0 radical (unpaired) electrons. The molecule has 13 heavy (non-hydrogen) atoms. The van der Waals surface area contributed by atoms with Crippen LogP contribution in [0.5, 0.6) is 0 Å². The number of rotatable bonds is 2. The normalized spacial score (nSPS) is 10.2. The molecule has 5 nitrogen and oxygen atoms in total. The minimum atomic E-state index is 0.315. The van der Waals surface area contributed by atoms with Gasteiger partial charge in [-0.25, -0.2) is 0 Å². The minimum Gasteiger partial charge on any atom is -0.368 e. The first-order valence-electron chi connectivity index (χ1n) is 3.73. The molecule has 0 fully saturated rings. The number of hydrogen-bond acceptors (Lipinski definition) is 5. The van der Waals surface area contributed by atoms with Gasteiger partial charge in [-0.15, -0.1) is 21.5 Å². The summed E-state index contributed by atoms with van der Waals surface area (Å²) in [7, 11) is 0. The van der Waals surface area contributed by atoms with Gasteiger partial charge in [-0.2, -0.15) is 0 Å². The fourth-order valence-electron chi connectivity index (χ4n) is 0.948. The van der Waals surface area contributed by atoms with Crippen LogP contribution in [0.4, 0.5) is 17.6 Å². The largest absolute Gasteiger partial charge is 0.368 e. The highest BCUT2D eigenvalue weighted by Crippen LogP contribution is 2.21. The molecule has 68 valence electrons. The van der Waals surface area contributed by atoms with Crippen LogP contribution < -0.4 is 11.1 Å². The van der Waals surface area contributed by atoms with Gasteiger partial charge in [0.2, 0.25) is 11.9 Å². The van der Waals surface area contributed by atoms with Crippen LogP contribution in [0.15, 0.2) is 10.8 Å². The SMILES string of the molecule is Cc1cscc1Nc1nnc(N)[nH]1. The van der Waals surface area contributed by atoms with E-state index >= 15 is 0 Å². The van der Waals surface area contributed by atoms with Crippen LogP contribution in [0.1, 0.15) is 5.56 Å². The molecule has 0 saturated carbocycles. The zero-order valence-electron chi connectivity index (χ0n) is 7.03. The van der Waals surface area contributed by atoms with Crippen LogP contribution in [0, 0.1) is 6.92 Å². The smallest absolute Gasteiger partial charge is 0.227 e. The molecule has 0 aliphatic carbocycles. The van der Waals surface area contributed by atoms with Crippen molar-refractivity contribution < 1.29 is 0 Å². The second-order valence-electron chi connectivity index (χ2n) is 2.65. The number of anilines is 3. The van der Waals surface area contributed by atoms with E-state index in [0.717, 1.165) is 5.69 Å². The Morgan fingerprint density at radius 1 is 1.46 bits per heavy atom. The third-order valence-corrected chi connectivity index (χ3v) is 2.47. The molecule has 0 spiro atoms. The molecular weight excluding hydrogens is 186 g/mol. The Balaban J connectivity index is 2.19. The number of nitrogen functional groups attached to an aromatic ring is 1. The molecule has 2 aromatic heterocycles. The molecule has 0 aliphatic heterocycles. The summed E-state index contributed by atoms with van der Waals surface area (Å²) in [6.07, 6.45) is 0. The van der Waals surface area contributed by atoms with Crippen molar-refractivity contribution in [1.82, 2.24) is 15.2 Å². The Morgan fingerprint density at radius 2 is 2.31 bits per heavy atom. The van der Waals surface area contributed by atoms with Crippen LogP contribution in [0.25, 0.3) is 0 Å². The third-order valence-electron chi connectivity index (χ3n) is 1.61. The Bertz CT molecular complexity index is 404. The quantitative estimate of drug-likeness (QED) is 0.678. The standard InChI is InChI=1S/C7H9N5S/c1-4-2-13-3-5(4)9-7-10-6(8)11-12-7/h2-3H,1H3,(H4,8,9,10,11,12). The van der Waals surface area contributed by atoms with E-state index in [1.54, 1.807) is 11.3 Å². The number of aromatic amines is 1. The van der Waals surface area contributed by atoms with Gasteiger partial charge in [0.1, 0.15) is 0 Å². The Labute approximate surface area is 79.0 Å². The second-order valence-corrected chi connectivity index (χ2v) is 3.40. The van der Waals surface area contributed by atoms with E-state index in [-0.39, 0.29) is 0 Å². The Morgan fingerprint density at radius 3 is 2.85 bits per heavy atom. The molecule has 0 aromatic carbocycles. The zero-order valence-corrected chi connectivity index (χ0v) is 7.85. The maximum Gasteiger partial charge on any atom is 0.227 e. The number of nitrogens with one attached hydrogen (secondary N) is 2.